The van der Waals surface area contributed by atoms with Gasteiger partial charge < -0.3 is 0 Å². The minimum absolute atomic E-state index is 0.0860. The first-order chi connectivity index (χ1) is 15.8. The second-order valence-electron chi connectivity index (χ2n) is 9.34. The van der Waals surface area contributed by atoms with E-state index in [9.17, 15) is 0 Å². The summed E-state index contributed by atoms with van der Waals surface area (Å²) in [6.07, 6.45) is 2.19. The molecule has 4 aromatic carbocycles. The van der Waals surface area contributed by atoms with E-state index in [1.54, 1.807) is 0 Å². The average Bonchev–Trinajstić information content (AvgIpc) is 3.80. The van der Waals surface area contributed by atoms with Crippen molar-refractivity contribution in [3.63, 3.8) is 0 Å². The van der Waals surface area contributed by atoms with Crippen molar-refractivity contribution in [2.75, 3.05) is 0 Å². The van der Waals surface area contributed by atoms with Gasteiger partial charge >= 0.3 is 0 Å². The van der Waals surface area contributed by atoms with Crippen LogP contribution in [0.4, 0.5) is 0 Å². The zero-order valence-electron chi connectivity index (χ0n) is 18.0. The van der Waals surface area contributed by atoms with Crippen LogP contribution in [0.15, 0.2) is 121 Å². The average molecular weight is 431 g/mol. The Bertz CT molecular complexity index is 1130. The van der Waals surface area contributed by atoms with Gasteiger partial charge in [-0.3, -0.25) is 0 Å². The second kappa shape index (κ2) is 7.53. The van der Waals surface area contributed by atoms with Gasteiger partial charge in [0.25, 0.3) is 0 Å². The molecule has 0 bridgehead atoms. The molecule has 4 atom stereocenters. The second-order valence-corrected chi connectivity index (χ2v) is 9.75. The van der Waals surface area contributed by atoms with Crippen LogP contribution in [0.2, 0.25) is 0 Å². The fraction of sp³-hybridized carbons (Fsp3) is 0.194. The standard InChI is InChI=1S/C31H26S/c32-29(30(25-17-9-3-10-18-25)21-27(30)23-13-5-1-6-14-23)31(26-19-11-4-12-20-26)22-28(31)24-15-7-2-8-16-24/h1-20,27-28H,21-22H2. The monoisotopic (exact) mass is 430 g/mol. The van der Waals surface area contributed by atoms with E-state index in [1.807, 2.05) is 0 Å². The summed E-state index contributed by atoms with van der Waals surface area (Å²) in [7, 11) is 0. The maximum Gasteiger partial charge on any atom is 0.0350 e. The molecule has 0 nitrogen and oxygen atoms in total. The minimum atomic E-state index is -0.0860. The predicted molar refractivity (Wildman–Crippen MR) is 136 cm³/mol. The Balaban J connectivity index is 1.49. The van der Waals surface area contributed by atoms with Crippen LogP contribution in [-0.4, -0.2) is 4.86 Å². The van der Waals surface area contributed by atoms with Crippen molar-refractivity contribution >= 4 is 17.1 Å². The van der Waals surface area contributed by atoms with E-state index < -0.39 is 0 Å². The molecule has 0 radical (unpaired) electrons. The van der Waals surface area contributed by atoms with Gasteiger partial charge in [-0.05, 0) is 46.9 Å². The molecule has 2 fully saturated rings. The van der Waals surface area contributed by atoms with Gasteiger partial charge in [0.05, 0.1) is 0 Å². The van der Waals surface area contributed by atoms with Crippen LogP contribution in [0.25, 0.3) is 0 Å². The molecule has 2 saturated carbocycles. The molecule has 0 amide bonds. The predicted octanol–water partition coefficient (Wildman–Crippen LogP) is 7.61. The van der Waals surface area contributed by atoms with Crippen LogP contribution in [0.1, 0.15) is 46.9 Å². The van der Waals surface area contributed by atoms with Gasteiger partial charge in [0.2, 0.25) is 0 Å². The van der Waals surface area contributed by atoms with E-state index in [1.165, 1.54) is 27.1 Å². The van der Waals surface area contributed by atoms with Crippen molar-refractivity contribution in [2.45, 2.75) is 35.5 Å². The lowest BCUT2D eigenvalue weighted by atomic mass is 9.76. The highest BCUT2D eigenvalue weighted by atomic mass is 32.1. The molecular formula is C31H26S. The van der Waals surface area contributed by atoms with Crippen LogP contribution in [0, 0.1) is 0 Å². The van der Waals surface area contributed by atoms with Crippen molar-refractivity contribution in [3.8, 4) is 0 Å². The fourth-order valence-electron chi connectivity index (χ4n) is 5.97. The maximum absolute atomic E-state index is 6.57. The summed E-state index contributed by atoms with van der Waals surface area (Å²) >= 11 is 6.57. The van der Waals surface area contributed by atoms with Gasteiger partial charge in [-0.2, -0.15) is 0 Å². The van der Waals surface area contributed by atoms with Crippen molar-refractivity contribution in [2.24, 2.45) is 0 Å². The molecule has 32 heavy (non-hydrogen) atoms. The largest absolute Gasteiger partial charge is 0.0877 e. The quantitative estimate of drug-likeness (QED) is 0.284. The van der Waals surface area contributed by atoms with Gasteiger partial charge in [-0.25, -0.2) is 0 Å². The van der Waals surface area contributed by atoms with E-state index in [2.05, 4.69) is 121 Å². The van der Waals surface area contributed by atoms with Crippen LogP contribution in [0.3, 0.4) is 0 Å². The van der Waals surface area contributed by atoms with E-state index >= 15 is 0 Å². The molecular weight excluding hydrogens is 404 g/mol. The Morgan fingerprint density at radius 2 is 0.812 bits per heavy atom. The summed E-state index contributed by atoms with van der Waals surface area (Å²) < 4.78 is 0. The van der Waals surface area contributed by atoms with E-state index in [-0.39, 0.29) is 10.8 Å². The summed E-state index contributed by atoms with van der Waals surface area (Å²) in [5.41, 5.74) is 5.37. The fourth-order valence-corrected chi connectivity index (χ4v) is 6.66. The van der Waals surface area contributed by atoms with E-state index in [0.29, 0.717) is 11.8 Å². The highest BCUT2D eigenvalue weighted by Crippen LogP contribution is 2.71. The lowest BCUT2D eigenvalue weighted by Crippen LogP contribution is -2.33. The van der Waals surface area contributed by atoms with E-state index in [0.717, 1.165) is 12.8 Å². The van der Waals surface area contributed by atoms with Crippen LogP contribution in [-0.2, 0) is 10.8 Å². The third-order valence-electron chi connectivity index (χ3n) is 7.71. The summed E-state index contributed by atoms with van der Waals surface area (Å²) in [6, 6.07) is 43.9. The number of rotatable bonds is 6. The Hall–Kier alpha value is -3.03. The van der Waals surface area contributed by atoms with Crippen LogP contribution in [0.5, 0.6) is 0 Å². The van der Waals surface area contributed by atoms with Crippen molar-refractivity contribution < 1.29 is 0 Å². The smallest absolute Gasteiger partial charge is 0.0350 e. The molecule has 4 aromatic rings. The third kappa shape index (κ3) is 2.92. The highest BCUT2D eigenvalue weighted by molar-refractivity contribution is 7.80. The first-order valence-corrected chi connectivity index (χ1v) is 11.9. The SMILES string of the molecule is S=C(C1(c2ccccc2)CC1c1ccccc1)C1(c2ccccc2)CC1c1ccccc1. The first kappa shape index (κ1) is 19.6. The number of benzene rings is 4. The number of thiocarbonyl (C=S) groups is 1. The number of hydrogen-bond acceptors (Lipinski definition) is 1. The first-order valence-electron chi connectivity index (χ1n) is 11.5. The molecule has 0 N–H and O–H groups in total. The normalized spacial score (nSPS) is 28.1. The molecule has 0 heterocycles. The van der Waals surface area contributed by atoms with Crippen molar-refractivity contribution in [1.29, 1.82) is 0 Å². The molecule has 156 valence electrons. The van der Waals surface area contributed by atoms with Crippen LogP contribution < -0.4 is 0 Å². The highest BCUT2D eigenvalue weighted by Gasteiger charge is 2.69. The molecule has 0 saturated heterocycles. The molecule has 0 aliphatic heterocycles. The molecule has 2 aliphatic carbocycles. The molecule has 0 aromatic heterocycles. The summed E-state index contributed by atoms with van der Waals surface area (Å²) in [5.74, 6) is 0.882. The lowest BCUT2D eigenvalue weighted by molar-refractivity contribution is 0.798. The van der Waals surface area contributed by atoms with Gasteiger partial charge in [-0.15, -0.1) is 0 Å². The van der Waals surface area contributed by atoms with Crippen molar-refractivity contribution in [3.05, 3.63) is 144 Å². The summed E-state index contributed by atoms with van der Waals surface area (Å²) in [6.45, 7) is 0. The maximum atomic E-state index is 6.57. The van der Waals surface area contributed by atoms with Gasteiger partial charge in [0, 0.05) is 15.7 Å². The molecule has 2 aliphatic rings. The van der Waals surface area contributed by atoms with Crippen molar-refractivity contribution in [1.82, 2.24) is 0 Å². The topological polar surface area (TPSA) is 0 Å². The zero-order valence-corrected chi connectivity index (χ0v) is 18.8. The summed E-state index contributed by atoms with van der Waals surface area (Å²) in [4.78, 5) is 1.23. The number of hydrogen-bond donors (Lipinski definition) is 0. The van der Waals surface area contributed by atoms with Gasteiger partial charge in [-0.1, -0.05) is 134 Å². The molecule has 1 heteroatoms. The molecule has 4 unspecified atom stereocenters. The van der Waals surface area contributed by atoms with E-state index in [4.69, 9.17) is 12.2 Å². The Morgan fingerprint density at radius 1 is 0.500 bits per heavy atom. The third-order valence-corrected chi connectivity index (χ3v) is 8.44. The van der Waals surface area contributed by atoms with Crippen LogP contribution >= 0.6 is 12.2 Å². The Labute approximate surface area is 196 Å². The summed E-state index contributed by atoms with van der Waals surface area (Å²) in [5, 5.41) is 0. The Kier molecular flexibility index (Phi) is 4.62. The lowest BCUT2D eigenvalue weighted by Gasteiger charge is -2.29. The Morgan fingerprint density at radius 3 is 1.16 bits per heavy atom. The zero-order chi connectivity index (χ0) is 21.6. The molecule has 0 spiro atoms. The van der Waals surface area contributed by atoms with Gasteiger partial charge in [0.15, 0.2) is 0 Å². The minimum Gasteiger partial charge on any atom is -0.0877 e. The molecule has 6 rings (SSSR count). The van der Waals surface area contributed by atoms with Gasteiger partial charge in [0.1, 0.15) is 0 Å².